The first-order valence-electron chi connectivity index (χ1n) is 4.49. The molecule has 0 saturated heterocycles. The van der Waals surface area contributed by atoms with Crippen LogP contribution in [0.2, 0.25) is 0 Å². The molecule has 2 aliphatic rings. The quantitative estimate of drug-likeness (QED) is 0.309. The predicted octanol–water partition coefficient (Wildman–Crippen LogP) is -5.87. The van der Waals surface area contributed by atoms with E-state index < -0.39 is 0 Å². The maximum absolute atomic E-state index is 2.34. The third kappa shape index (κ3) is 4.36. The zero-order valence-electron chi connectivity index (χ0n) is 8.93. The molecule has 2 unspecified atom stereocenters. The topological polar surface area (TPSA) is 0 Å². The number of fused-ring (bicyclic) bond motifs is 1. The van der Waals surface area contributed by atoms with Crippen LogP contribution in [0.3, 0.4) is 0 Å². The van der Waals surface area contributed by atoms with Crippen LogP contribution < -0.4 is 37.2 Å². The molecular weight excluding hydrogens is 286 g/mol. The Morgan fingerprint density at radius 2 is 1.87 bits per heavy atom. The average molecular weight is 301 g/mol. The van der Waals surface area contributed by atoms with Gasteiger partial charge in [0, 0.05) is 0 Å². The first kappa shape index (κ1) is 21.2. The van der Waals surface area contributed by atoms with Crippen LogP contribution in [0, 0.1) is 17.8 Å². The van der Waals surface area contributed by atoms with Gasteiger partial charge in [-0.25, -0.2) is 17.6 Å². The molecule has 0 aromatic carbocycles. The van der Waals surface area contributed by atoms with Crippen LogP contribution in [-0.2, 0) is 21.7 Å². The first-order chi connectivity index (χ1) is 5.29. The zero-order valence-corrected chi connectivity index (χ0v) is 12.8. The zero-order chi connectivity index (χ0) is 7.84. The Morgan fingerprint density at radius 1 is 1.27 bits per heavy atom. The molecule has 15 heavy (non-hydrogen) atoms. The molecule has 0 nitrogen and oxygen atoms in total. The van der Waals surface area contributed by atoms with Crippen molar-refractivity contribution in [1.82, 2.24) is 0 Å². The summed E-state index contributed by atoms with van der Waals surface area (Å²) in [6, 6.07) is 0. The van der Waals surface area contributed by atoms with Gasteiger partial charge in [0.15, 0.2) is 0 Å². The second-order valence-corrected chi connectivity index (χ2v) is 3.80. The minimum absolute atomic E-state index is 0. The molecule has 4 heteroatoms. The summed E-state index contributed by atoms with van der Waals surface area (Å²) in [7, 11) is 0. The molecule has 0 heterocycles. The molecule has 0 radical (unpaired) electrons. The van der Waals surface area contributed by atoms with E-state index in [0.29, 0.717) is 0 Å². The largest absolute Gasteiger partial charge is 4.00 e. The fourth-order valence-electron chi connectivity index (χ4n) is 2.24. The Labute approximate surface area is 126 Å². The van der Waals surface area contributed by atoms with Gasteiger partial charge in [0.1, 0.15) is 0 Å². The molecule has 0 aromatic heterocycles. The second-order valence-electron chi connectivity index (χ2n) is 3.80. The van der Waals surface area contributed by atoms with Crippen LogP contribution in [0.1, 0.15) is 26.7 Å². The van der Waals surface area contributed by atoms with Crippen molar-refractivity contribution in [2.45, 2.75) is 26.7 Å². The molecule has 1 fully saturated rings. The summed E-state index contributed by atoms with van der Waals surface area (Å²) in [5.41, 5.74) is 1.63. The minimum Gasteiger partial charge on any atom is -1.00 e. The minimum atomic E-state index is 0. The van der Waals surface area contributed by atoms with Crippen LogP contribution in [0.15, 0.2) is 23.8 Å². The summed E-state index contributed by atoms with van der Waals surface area (Å²) >= 11 is 0. The van der Waals surface area contributed by atoms with Crippen molar-refractivity contribution in [3.8, 4) is 0 Å². The fourth-order valence-corrected chi connectivity index (χ4v) is 2.24. The van der Waals surface area contributed by atoms with Gasteiger partial charge < -0.3 is 37.2 Å². The Morgan fingerprint density at radius 3 is 2.40 bits per heavy atom. The molecular formula is C11H15Cl3Ti. The van der Waals surface area contributed by atoms with E-state index in [0.717, 1.165) is 11.8 Å². The van der Waals surface area contributed by atoms with Crippen LogP contribution in [0.25, 0.3) is 0 Å². The molecule has 2 aliphatic carbocycles. The fraction of sp³-hybridized carbons (Fsp3) is 0.545. The molecule has 0 spiro atoms. The van der Waals surface area contributed by atoms with Gasteiger partial charge in [-0.05, 0) is 12.3 Å². The molecule has 1 saturated carbocycles. The molecule has 2 atom stereocenters. The van der Waals surface area contributed by atoms with Crippen molar-refractivity contribution in [2.24, 2.45) is 11.8 Å². The van der Waals surface area contributed by atoms with Crippen molar-refractivity contribution in [3.63, 3.8) is 0 Å². The Balaban J connectivity index is -0.000000360. The van der Waals surface area contributed by atoms with Crippen molar-refractivity contribution in [2.75, 3.05) is 0 Å². The standard InChI is InChI=1S/C11H15.3ClH.Ti/c1-8-7-10-5-3-4-6-11(10)9(8)2;;;;/h3-4,6,8,10H,5,7H2,1-2H3;3*1H;/q-1;;;;+4/p-3. The van der Waals surface area contributed by atoms with E-state index in [-0.39, 0.29) is 58.9 Å². The van der Waals surface area contributed by atoms with Gasteiger partial charge in [0.05, 0.1) is 0 Å². The molecule has 0 bridgehead atoms. The third-order valence-corrected chi connectivity index (χ3v) is 3.10. The summed E-state index contributed by atoms with van der Waals surface area (Å²) in [5.74, 6) is 3.31. The average Bonchev–Trinajstić information content (AvgIpc) is 2.30. The normalized spacial score (nSPS) is 26.0. The van der Waals surface area contributed by atoms with Crippen molar-refractivity contribution in [1.29, 1.82) is 0 Å². The SMILES string of the molecule is C[C-]1C2=CC=CCC2CC1C.[Cl-].[Cl-].[Cl-].[Ti+4]. The van der Waals surface area contributed by atoms with Crippen molar-refractivity contribution < 1.29 is 58.9 Å². The summed E-state index contributed by atoms with van der Waals surface area (Å²) in [6.45, 7) is 4.63. The van der Waals surface area contributed by atoms with Gasteiger partial charge in [-0.2, -0.15) is 0 Å². The monoisotopic (exact) mass is 300 g/mol. The summed E-state index contributed by atoms with van der Waals surface area (Å²) in [5, 5.41) is 0. The van der Waals surface area contributed by atoms with Gasteiger partial charge in [0.25, 0.3) is 0 Å². The second kappa shape index (κ2) is 9.02. The Kier molecular flexibility index (Phi) is 12.8. The number of rotatable bonds is 0. The van der Waals surface area contributed by atoms with E-state index in [4.69, 9.17) is 0 Å². The summed E-state index contributed by atoms with van der Waals surface area (Å²) in [4.78, 5) is 0. The van der Waals surface area contributed by atoms with E-state index in [1.807, 2.05) is 0 Å². The van der Waals surface area contributed by atoms with Crippen LogP contribution >= 0.6 is 0 Å². The maximum atomic E-state index is 2.34. The Bertz CT molecular complexity index is 222. The van der Waals surface area contributed by atoms with Gasteiger partial charge in [-0.3, -0.25) is 0 Å². The molecule has 0 aliphatic heterocycles. The number of hydrogen-bond acceptors (Lipinski definition) is 0. The molecule has 0 N–H and O–H groups in total. The van der Waals surface area contributed by atoms with Crippen molar-refractivity contribution in [3.05, 3.63) is 29.7 Å². The van der Waals surface area contributed by atoms with E-state index in [2.05, 4.69) is 32.1 Å². The molecule has 0 aromatic rings. The number of halogens is 3. The van der Waals surface area contributed by atoms with Gasteiger partial charge in [-0.15, -0.1) is 19.1 Å². The van der Waals surface area contributed by atoms with Crippen molar-refractivity contribution >= 4 is 0 Å². The smallest absolute Gasteiger partial charge is 1.00 e. The first-order valence-corrected chi connectivity index (χ1v) is 4.49. The van der Waals surface area contributed by atoms with E-state index in [9.17, 15) is 0 Å². The molecule has 0 amide bonds. The van der Waals surface area contributed by atoms with Gasteiger partial charge >= 0.3 is 21.7 Å². The maximum Gasteiger partial charge on any atom is 4.00 e. The Hall–Kier alpha value is 0.934. The van der Waals surface area contributed by atoms with Crippen LogP contribution in [0.4, 0.5) is 0 Å². The van der Waals surface area contributed by atoms with E-state index in [1.165, 1.54) is 12.8 Å². The molecule has 2 rings (SSSR count). The molecule has 84 valence electrons. The number of hydrogen-bond donors (Lipinski definition) is 0. The summed E-state index contributed by atoms with van der Waals surface area (Å²) in [6.07, 6.45) is 9.44. The number of allylic oxidation sites excluding steroid dienone is 4. The predicted molar refractivity (Wildman–Crippen MR) is 48.0 cm³/mol. The van der Waals surface area contributed by atoms with Gasteiger partial charge in [0.2, 0.25) is 0 Å². The van der Waals surface area contributed by atoms with E-state index in [1.54, 1.807) is 11.5 Å². The summed E-state index contributed by atoms with van der Waals surface area (Å²) < 4.78 is 0. The van der Waals surface area contributed by atoms with E-state index >= 15 is 0 Å². The van der Waals surface area contributed by atoms with Crippen LogP contribution in [-0.4, -0.2) is 0 Å². The van der Waals surface area contributed by atoms with Gasteiger partial charge in [-0.1, -0.05) is 19.3 Å². The van der Waals surface area contributed by atoms with Crippen LogP contribution in [0.5, 0.6) is 0 Å². The third-order valence-electron chi connectivity index (χ3n) is 3.10.